The largest absolute Gasteiger partial charge is 0.451 e. The van der Waals surface area contributed by atoms with Crippen LogP contribution in [-0.4, -0.2) is 28.4 Å². The predicted octanol–water partition coefficient (Wildman–Crippen LogP) is 4.98. The highest BCUT2D eigenvalue weighted by atomic mass is 32.1. The van der Waals surface area contributed by atoms with Gasteiger partial charge in [0.25, 0.3) is 11.6 Å². The average Bonchev–Trinajstić information content (AvgIpc) is 3.14. The van der Waals surface area contributed by atoms with Crippen LogP contribution < -0.4 is 5.32 Å². The molecule has 1 amide bonds. The molecular weight excluding hydrogens is 470 g/mol. The Bertz CT molecular complexity index is 1230. The lowest BCUT2D eigenvalue weighted by Crippen LogP contribution is -2.21. The molecule has 172 valence electrons. The molecule has 3 aromatic rings. The van der Waals surface area contributed by atoms with Crippen molar-refractivity contribution in [3.63, 3.8) is 0 Å². The number of aromatic nitrogens is 1. The zero-order valence-corrected chi connectivity index (χ0v) is 17.4. The summed E-state index contributed by atoms with van der Waals surface area (Å²) in [5, 5.41) is 13.1. The number of thiazole rings is 1. The summed E-state index contributed by atoms with van der Waals surface area (Å²) in [4.78, 5) is 38.5. The Labute approximate surface area is 187 Å². The molecule has 0 saturated carbocycles. The van der Waals surface area contributed by atoms with Crippen molar-refractivity contribution in [2.24, 2.45) is 0 Å². The molecule has 3 rings (SSSR count). The van der Waals surface area contributed by atoms with E-state index in [9.17, 15) is 37.3 Å². The highest BCUT2D eigenvalue weighted by Crippen LogP contribution is 2.33. The van der Waals surface area contributed by atoms with E-state index in [1.54, 1.807) is 0 Å². The van der Waals surface area contributed by atoms with Gasteiger partial charge in [-0.1, -0.05) is 12.1 Å². The minimum absolute atomic E-state index is 0.0271. The maximum Gasteiger partial charge on any atom is 0.416 e. The summed E-state index contributed by atoms with van der Waals surface area (Å²) in [6.45, 7) is 0.674. The van der Waals surface area contributed by atoms with Gasteiger partial charge in [-0.25, -0.2) is 14.2 Å². The van der Waals surface area contributed by atoms with Gasteiger partial charge in [0.1, 0.15) is 15.7 Å². The van der Waals surface area contributed by atoms with Crippen molar-refractivity contribution in [1.29, 1.82) is 0 Å². The van der Waals surface area contributed by atoms with Crippen molar-refractivity contribution in [2.75, 3.05) is 11.9 Å². The SMILES string of the molecule is Cc1nc(-c2ccc(C(F)(F)F)cc2)sc1C(=O)OCC(=O)Nc1cc([N+](=O)[O-])ccc1F. The summed E-state index contributed by atoms with van der Waals surface area (Å²) in [5.41, 5.74) is -1.13. The summed E-state index contributed by atoms with van der Waals surface area (Å²) in [6.07, 6.45) is -4.49. The first-order valence-electron chi connectivity index (χ1n) is 9.01. The third kappa shape index (κ3) is 5.68. The molecular formula is C20H13F4N3O5S. The van der Waals surface area contributed by atoms with Crippen LogP contribution in [0.1, 0.15) is 20.9 Å². The third-order valence-electron chi connectivity index (χ3n) is 4.21. The van der Waals surface area contributed by atoms with E-state index in [1.807, 2.05) is 0 Å². The monoisotopic (exact) mass is 483 g/mol. The maximum absolute atomic E-state index is 13.8. The molecule has 0 aliphatic carbocycles. The van der Waals surface area contributed by atoms with E-state index in [2.05, 4.69) is 10.3 Å². The number of non-ortho nitro benzene ring substituents is 1. The number of halogens is 4. The van der Waals surface area contributed by atoms with E-state index >= 15 is 0 Å². The molecule has 1 N–H and O–H groups in total. The number of aryl methyl sites for hydroxylation is 1. The van der Waals surface area contributed by atoms with Crippen LogP contribution in [0.4, 0.5) is 28.9 Å². The van der Waals surface area contributed by atoms with Crippen molar-refractivity contribution in [2.45, 2.75) is 13.1 Å². The van der Waals surface area contributed by atoms with Gasteiger partial charge in [-0.15, -0.1) is 11.3 Å². The zero-order chi connectivity index (χ0) is 24.3. The molecule has 0 radical (unpaired) electrons. The second-order valence-corrected chi connectivity index (χ2v) is 7.55. The number of amides is 1. The maximum atomic E-state index is 13.8. The molecule has 0 atom stereocenters. The van der Waals surface area contributed by atoms with Crippen molar-refractivity contribution in [3.05, 3.63) is 74.5 Å². The number of esters is 1. The van der Waals surface area contributed by atoms with Crippen LogP contribution in [0.3, 0.4) is 0 Å². The molecule has 0 fully saturated rings. The number of hydrogen-bond acceptors (Lipinski definition) is 7. The molecule has 8 nitrogen and oxygen atoms in total. The molecule has 33 heavy (non-hydrogen) atoms. The van der Waals surface area contributed by atoms with Gasteiger partial charge >= 0.3 is 12.1 Å². The number of carbonyl (C=O) groups is 2. The molecule has 0 saturated heterocycles. The van der Waals surface area contributed by atoms with Crippen LogP contribution in [0.2, 0.25) is 0 Å². The summed E-state index contributed by atoms with van der Waals surface area (Å²) in [7, 11) is 0. The van der Waals surface area contributed by atoms with Gasteiger partial charge in [0, 0.05) is 17.7 Å². The minimum Gasteiger partial charge on any atom is -0.451 e. The van der Waals surface area contributed by atoms with Crippen molar-refractivity contribution in [1.82, 2.24) is 4.98 Å². The Morgan fingerprint density at radius 3 is 2.45 bits per heavy atom. The van der Waals surface area contributed by atoms with E-state index in [0.717, 1.165) is 41.7 Å². The van der Waals surface area contributed by atoms with Crippen molar-refractivity contribution in [3.8, 4) is 10.6 Å². The predicted molar refractivity (Wildman–Crippen MR) is 109 cm³/mol. The number of rotatable bonds is 6. The average molecular weight is 483 g/mol. The first-order valence-corrected chi connectivity index (χ1v) is 9.83. The fourth-order valence-electron chi connectivity index (χ4n) is 2.62. The number of carbonyl (C=O) groups excluding carboxylic acids is 2. The Hall–Kier alpha value is -3.87. The van der Waals surface area contributed by atoms with Crippen LogP contribution in [0.15, 0.2) is 42.5 Å². The molecule has 1 heterocycles. The van der Waals surface area contributed by atoms with Crippen LogP contribution in [0.5, 0.6) is 0 Å². The number of nitro benzene ring substituents is 1. The van der Waals surface area contributed by atoms with Gasteiger partial charge in [-0.2, -0.15) is 13.2 Å². The van der Waals surface area contributed by atoms with Gasteiger partial charge in [-0.05, 0) is 25.1 Å². The van der Waals surface area contributed by atoms with Gasteiger partial charge in [0.15, 0.2) is 6.61 Å². The normalized spacial score (nSPS) is 11.2. The second-order valence-electron chi connectivity index (χ2n) is 6.55. The smallest absolute Gasteiger partial charge is 0.416 e. The minimum atomic E-state index is -4.49. The van der Waals surface area contributed by atoms with E-state index < -0.39 is 52.3 Å². The molecule has 1 aromatic heterocycles. The Kier molecular flexibility index (Phi) is 6.72. The topological polar surface area (TPSA) is 111 Å². The van der Waals surface area contributed by atoms with E-state index in [0.29, 0.717) is 5.56 Å². The number of nitrogens with one attached hydrogen (secondary N) is 1. The number of hydrogen-bond donors (Lipinski definition) is 1. The molecule has 0 unspecified atom stereocenters. The van der Waals surface area contributed by atoms with Crippen LogP contribution in [-0.2, 0) is 15.7 Å². The number of anilines is 1. The molecule has 0 bridgehead atoms. The first kappa shape index (κ1) is 23.8. The van der Waals surface area contributed by atoms with Gasteiger partial charge in [0.05, 0.1) is 21.9 Å². The lowest BCUT2D eigenvalue weighted by molar-refractivity contribution is -0.384. The standard InChI is InChI=1S/C20H13F4N3O5S/c1-10-17(33-18(25-10)11-2-4-12(5-3-11)20(22,23)24)19(29)32-9-16(28)26-15-8-13(27(30)31)6-7-14(15)21/h2-8H,9H2,1H3,(H,26,28). The Morgan fingerprint density at radius 2 is 1.85 bits per heavy atom. The highest BCUT2D eigenvalue weighted by molar-refractivity contribution is 7.17. The molecule has 13 heteroatoms. The van der Waals surface area contributed by atoms with E-state index in [-0.39, 0.29) is 15.6 Å². The summed E-state index contributed by atoms with van der Waals surface area (Å²) >= 11 is 0.864. The number of benzene rings is 2. The van der Waals surface area contributed by atoms with Crippen LogP contribution >= 0.6 is 11.3 Å². The summed E-state index contributed by atoms with van der Waals surface area (Å²) in [6, 6.07) is 6.77. The van der Waals surface area contributed by atoms with E-state index in [4.69, 9.17) is 4.74 Å². The lowest BCUT2D eigenvalue weighted by Gasteiger charge is -2.07. The molecule has 2 aromatic carbocycles. The first-order chi connectivity index (χ1) is 15.5. The third-order valence-corrected chi connectivity index (χ3v) is 5.40. The number of nitro groups is 1. The lowest BCUT2D eigenvalue weighted by atomic mass is 10.1. The fraction of sp³-hybridized carbons (Fsp3) is 0.150. The van der Waals surface area contributed by atoms with Gasteiger partial charge in [0.2, 0.25) is 0 Å². The van der Waals surface area contributed by atoms with Crippen LogP contribution in [0, 0.1) is 22.9 Å². The number of ether oxygens (including phenoxy) is 1. The molecule has 0 spiro atoms. The van der Waals surface area contributed by atoms with Crippen LogP contribution in [0.25, 0.3) is 10.6 Å². The summed E-state index contributed by atoms with van der Waals surface area (Å²) in [5.74, 6) is -2.77. The fourth-order valence-corrected chi connectivity index (χ4v) is 3.58. The van der Waals surface area contributed by atoms with E-state index in [1.165, 1.54) is 19.1 Å². The highest BCUT2D eigenvalue weighted by Gasteiger charge is 2.30. The van der Waals surface area contributed by atoms with Crippen molar-refractivity contribution >= 4 is 34.6 Å². The summed E-state index contributed by atoms with van der Waals surface area (Å²) < 4.78 is 56.7. The zero-order valence-electron chi connectivity index (χ0n) is 16.6. The number of alkyl halides is 3. The Morgan fingerprint density at radius 1 is 1.18 bits per heavy atom. The van der Waals surface area contributed by atoms with Gasteiger partial charge < -0.3 is 10.1 Å². The Balaban J connectivity index is 1.65. The molecule has 0 aliphatic heterocycles. The van der Waals surface area contributed by atoms with Crippen molar-refractivity contribution < 1.29 is 36.8 Å². The quantitative estimate of drug-likeness (QED) is 0.229. The molecule has 0 aliphatic rings. The van der Waals surface area contributed by atoms with Gasteiger partial charge in [-0.3, -0.25) is 14.9 Å². The second kappa shape index (κ2) is 9.32. The number of nitrogens with zero attached hydrogens (tertiary/aromatic N) is 2.